The van der Waals surface area contributed by atoms with E-state index in [0.29, 0.717) is 16.8 Å². The third-order valence-electron chi connectivity index (χ3n) is 3.10. The van der Waals surface area contributed by atoms with Gasteiger partial charge in [-0.15, -0.1) is 0 Å². The number of ether oxygens (including phenoxy) is 1. The number of phenolic OH excluding ortho intramolecular Hbond substituents is 1. The molecule has 1 aromatic carbocycles. The first-order valence-electron chi connectivity index (χ1n) is 5.39. The van der Waals surface area contributed by atoms with E-state index in [2.05, 4.69) is 15.9 Å². The van der Waals surface area contributed by atoms with Crippen LogP contribution in [0.3, 0.4) is 0 Å². The molecule has 1 fully saturated rings. The zero-order chi connectivity index (χ0) is 11.8. The van der Waals surface area contributed by atoms with Gasteiger partial charge in [-0.25, -0.2) is 0 Å². The third kappa shape index (κ3) is 1.92. The molecule has 1 saturated carbocycles. The molecule has 2 N–H and O–H groups in total. The first-order chi connectivity index (χ1) is 7.63. The number of hydrogen-bond acceptors (Lipinski definition) is 3. The summed E-state index contributed by atoms with van der Waals surface area (Å²) in [5.41, 5.74) is 0.922. The number of phenols is 1. The van der Waals surface area contributed by atoms with Crippen molar-refractivity contribution in [1.29, 1.82) is 0 Å². The van der Waals surface area contributed by atoms with Crippen LogP contribution in [0.1, 0.15) is 25.3 Å². The lowest BCUT2D eigenvalue weighted by Crippen LogP contribution is -2.12. The summed E-state index contributed by atoms with van der Waals surface area (Å²) in [4.78, 5) is 0. The normalized spacial score (nSPS) is 17.2. The molecule has 0 radical (unpaired) electrons. The van der Waals surface area contributed by atoms with Crippen LogP contribution in [-0.4, -0.2) is 23.4 Å². The van der Waals surface area contributed by atoms with E-state index in [-0.39, 0.29) is 17.8 Å². The van der Waals surface area contributed by atoms with Crippen LogP contribution in [-0.2, 0) is 5.41 Å². The molecule has 2 rings (SSSR count). The Bertz CT molecular complexity index is 399. The molecule has 1 aliphatic carbocycles. The van der Waals surface area contributed by atoms with E-state index >= 15 is 0 Å². The Morgan fingerprint density at radius 2 is 2.12 bits per heavy atom. The Morgan fingerprint density at radius 3 is 2.62 bits per heavy atom. The van der Waals surface area contributed by atoms with Gasteiger partial charge in [-0.2, -0.15) is 0 Å². The average molecular weight is 287 g/mol. The second-order valence-electron chi connectivity index (χ2n) is 4.18. The van der Waals surface area contributed by atoms with Gasteiger partial charge in [-0.3, -0.25) is 0 Å². The van der Waals surface area contributed by atoms with Crippen LogP contribution < -0.4 is 4.74 Å². The summed E-state index contributed by atoms with van der Waals surface area (Å²) in [5.74, 6) is 0.603. The maximum Gasteiger partial charge on any atom is 0.172 e. The molecule has 88 valence electrons. The molecule has 1 aliphatic rings. The van der Waals surface area contributed by atoms with Crippen LogP contribution in [0, 0.1) is 0 Å². The van der Waals surface area contributed by atoms with E-state index in [1.54, 1.807) is 0 Å². The monoisotopic (exact) mass is 286 g/mol. The van der Waals surface area contributed by atoms with Gasteiger partial charge in [-0.05, 0) is 53.4 Å². The summed E-state index contributed by atoms with van der Waals surface area (Å²) >= 11 is 3.30. The van der Waals surface area contributed by atoms with Crippen LogP contribution in [0.5, 0.6) is 11.5 Å². The van der Waals surface area contributed by atoms with Crippen molar-refractivity contribution in [3.05, 3.63) is 22.2 Å². The summed E-state index contributed by atoms with van der Waals surface area (Å²) in [7, 11) is 0. The van der Waals surface area contributed by atoms with Gasteiger partial charge >= 0.3 is 0 Å². The predicted octanol–water partition coefficient (Wildman–Crippen LogP) is 2.58. The van der Waals surface area contributed by atoms with Crippen LogP contribution in [0.25, 0.3) is 0 Å². The summed E-state index contributed by atoms with van der Waals surface area (Å²) < 4.78 is 5.98. The van der Waals surface area contributed by atoms with E-state index in [1.807, 2.05) is 19.1 Å². The Hall–Kier alpha value is -0.740. The van der Waals surface area contributed by atoms with Crippen molar-refractivity contribution < 1.29 is 14.9 Å². The minimum absolute atomic E-state index is 0.109. The lowest BCUT2D eigenvalue weighted by Gasteiger charge is -2.16. The Morgan fingerprint density at radius 1 is 1.44 bits per heavy atom. The highest BCUT2D eigenvalue weighted by atomic mass is 79.9. The number of halogens is 1. The van der Waals surface area contributed by atoms with Crippen molar-refractivity contribution in [1.82, 2.24) is 0 Å². The highest BCUT2D eigenvalue weighted by Gasteiger charge is 2.44. The number of aromatic hydroxyl groups is 1. The first kappa shape index (κ1) is 11.7. The highest BCUT2D eigenvalue weighted by Crippen LogP contribution is 2.50. The molecular weight excluding hydrogens is 272 g/mol. The molecule has 4 heteroatoms. The van der Waals surface area contributed by atoms with E-state index in [1.165, 1.54) is 0 Å². The zero-order valence-electron chi connectivity index (χ0n) is 9.16. The van der Waals surface area contributed by atoms with Gasteiger partial charge in [0.15, 0.2) is 11.5 Å². The Labute approximate surface area is 103 Å². The fraction of sp³-hybridized carbons (Fsp3) is 0.500. The van der Waals surface area contributed by atoms with Gasteiger partial charge in [0.2, 0.25) is 0 Å². The summed E-state index contributed by atoms with van der Waals surface area (Å²) in [6, 6.07) is 3.69. The van der Waals surface area contributed by atoms with Gasteiger partial charge in [0.1, 0.15) is 0 Å². The van der Waals surface area contributed by atoms with E-state index in [9.17, 15) is 10.2 Å². The lowest BCUT2D eigenvalue weighted by molar-refractivity contribution is 0.254. The molecule has 1 aromatic rings. The second-order valence-corrected chi connectivity index (χ2v) is 5.03. The topological polar surface area (TPSA) is 49.7 Å². The molecule has 0 amide bonds. The van der Waals surface area contributed by atoms with Gasteiger partial charge in [0.05, 0.1) is 17.7 Å². The van der Waals surface area contributed by atoms with Crippen molar-refractivity contribution in [2.45, 2.75) is 25.2 Å². The molecule has 0 unspecified atom stereocenters. The molecule has 0 atom stereocenters. The summed E-state index contributed by atoms with van der Waals surface area (Å²) in [5, 5.41) is 19.1. The molecule has 0 aromatic heterocycles. The minimum Gasteiger partial charge on any atom is -0.503 e. The highest BCUT2D eigenvalue weighted by molar-refractivity contribution is 9.10. The average Bonchev–Trinajstić information content (AvgIpc) is 3.05. The maximum absolute atomic E-state index is 9.78. The molecule has 0 saturated heterocycles. The van der Waals surface area contributed by atoms with Crippen LogP contribution in [0.2, 0.25) is 0 Å². The summed E-state index contributed by atoms with van der Waals surface area (Å²) in [6.45, 7) is 2.53. The van der Waals surface area contributed by atoms with Gasteiger partial charge in [0.25, 0.3) is 0 Å². The van der Waals surface area contributed by atoms with Gasteiger partial charge < -0.3 is 14.9 Å². The van der Waals surface area contributed by atoms with Crippen molar-refractivity contribution in [2.24, 2.45) is 0 Å². The van der Waals surface area contributed by atoms with Crippen LogP contribution in [0.15, 0.2) is 16.6 Å². The SMILES string of the molecule is CCOc1cc(C2(CO)CC2)cc(Br)c1O. The number of aliphatic hydroxyl groups is 1. The smallest absolute Gasteiger partial charge is 0.172 e. The standard InChI is InChI=1S/C12H15BrO3/c1-2-16-10-6-8(5-9(13)11(10)15)12(7-14)3-4-12/h5-6,14-15H,2-4,7H2,1H3. The first-order valence-corrected chi connectivity index (χ1v) is 6.19. The van der Waals surface area contributed by atoms with Crippen molar-refractivity contribution in [2.75, 3.05) is 13.2 Å². The number of benzene rings is 1. The maximum atomic E-state index is 9.78. The number of rotatable bonds is 4. The molecule has 0 bridgehead atoms. The van der Waals surface area contributed by atoms with Crippen LogP contribution in [0.4, 0.5) is 0 Å². The van der Waals surface area contributed by atoms with Crippen molar-refractivity contribution >= 4 is 15.9 Å². The zero-order valence-corrected chi connectivity index (χ0v) is 10.7. The minimum atomic E-state index is -0.109. The van der Waals surface area contributed by atoms with E-state index in [0.717, 1.165) is 18.4 Å². The molecule has 16 heavy (non-hydrogen) atoms. The molecule has 0 heterocycles. The molecule has 3 nitrogen and oxygen atoms in total. The molecule has 0 aliphatic heterocycles. The van der Waals surface area contributed by atoms with E-state index < -0.39 is 0 Å². The Kier molecular flexibility index (Phi) is 3.13. The van der Waals surface area contributed by atoms with E-state index in [4.69, 9.17) is 4.74 Å². The largest absolute Gasteiger partial charge is 0.503 e. The lowest BCUT2D eigenvalue weighted by atomic mass is 9.96. The summed E-state index contributed by atoms with van der Waals surface area (Å²) in [6.07, 6.45) is 1.98. The quantitative estimate of drug-likeness (QED) is 0.895. The number of aliphatic hydroxyl groups excluding tert-OH is 1. The third-order valence-corrected chi connectivity index (χ3v) is 3.70. The molecular formula is C12H15BrO3. The van der Waals surface area contributed by atoms with Gasteiger partial charge in [0, 0.05) is 5.41 Å². The van der Waals surface area contributed by atoms with Crippen molar-refractivity contribution in [3.63, 3.8) is 0 Å². The molecule has 0 spiro atoms. The Balaban J connectivity index is 2.40. The fourth-order valence-corrected chi connectivity index (χ4v) is 2.28. The second kappa shape index (κ2) is 4.26. The van der Waals surface area contributed by atoms with Gasteiger partial charge in [-0.1, -0.05) is 0 Å². The number of hydrogen-bond donors (Lipinski definition) is 2. The fourth-order valence-electron chi connectivity index (χ4n) is 1.83. The predicted molar refractivity (Wildman–Crippen MR) is 65.0 cm³/mol. The van der Waals surface area contributed by atoms with Crippen LogP contribution >= 0.6 is 15.9 Å². The van der Waals surface area contributed by atoms with Crippen molar-refractivity contribution in [3.8, 4) is 11.5 Å².